The monoisotopic (exact) mass is 388 g/mol. The molecule has 0 aliphatic heterocycles. The van der Waals surface area contributed by atoms with E-state index in [-0.39, 0.29) is 24.4 Å². The molecule has 0 saturated carbocycles. The Hall–Kier alpha value is -2.14. The van der Waals surface area contributed by atoms with E-state index in [1.165, 1.54) is 0 Å². The molecule has 5 heteroatoms. The van der Waals surface area contributed by atoms with Crippen molar-refractivity contribution in [2.24, 2.45) is 0 Å². The highest BCUT2D eigenvalue weighted by Crippen LogP contribution is 2.18. The molecule has 2 amide bonds. The molecule has 0 spiro atoms. The van der Waals surface area contributed by atoms with Gasteiger partial charge in [-0.05, 0) is 56.2 Å². The number of carbonyl (C=O) groups excluding carboxylic acids is 2. The number of benzene rings is 2. The first-order valence-corrected chi connectivity index (χ1v) is 8.56. The summed E-state index contributed by atoms with van der Waals surface area (Å²) >= 11 is 3.32. The fourth-order valence-corrected chi connectivity index (χ4v) is 2.72. The zero-order valence-corrected chi connectivity index (χ0v) is 15.6. The summed E-state index contributed by atoms with van der Waals surface area (Å²) in [4.78, 5) is 24.1. The Morgan fingerprint density at radius 2 is 1.75 bits per heavy atom. The lowest BCUT2D eigenvalue weighted by Gasteiger charge is -2.17. The van der Waals surface area contributed by atoms with Crippen molar-refractivity contribution in [2.75, 3.05) is 6.54 Å². The molecule has 0 radical (unpaired) electrons. The van der Waals surface area contributed by atoms with Crippen LogP contribution < -0.4 is 10.6 Å². The van der Waals surface area contributed by atoms with E-state index in [4.69, 9.17) is 0 Å². The predicted octanol–water partition coefficient (Wildman–Crippen LogP) is 3.67. The maximum atomic E-state index is 12.1. The van der Waals surface area contributed by atoms with Crippen LogP contribution in [-0.4, -0.2) is 18.4 Å². The normalized spacial score (nSPS) is 11.7. The second-order valence-corrected chi connectivity index (χ2v) is 6.75. The molecule has 1 atom stereocenters. The van der Waals surface area contributed by atoms with Gasteiger partial charge < -0.3 is 10.6 Å². The van der Waals surface area contributed by atoms with Gasteiger partial charge in [-0.15, -0.1) is 0 Å². The van der Waals surface area contributed by atoms with Crippen molar-refractivity contribution in [1.29, 1.82) is 0 Å². The van der Waals surface area contributed by atoms with Crippen LogP contribution >= 0.6 is 15.9 Å². The number of amides is 2. The fourth-order valence-electron chi connectivity index (χ4n) is 2.46. The molecular weight excluding hydrogens is 368 g/mol. The SMILES string of the molecule is Cc1ccc(C)c(C(C)NC(=O)CNC(=O)c2ccc(Br)cc2)c1. The molecule has 2 aromatic carbocycles. The van der Waals surface area contributed by atoms with Gasteiger partial charge in [-0.2, -0.15) is 0 Å². The average Bonchev–Trinajstić information content (AvgIpc) is 2.55. The molecule has 0 aliphatic carbocycles. The van der Waals surface area contributed by atoms with Crippen molar-refractivity contribution in [3.8, 4) is 0 Å². The van der Waals surface area contributed by atoms with Crippen LogP contribution in [0.25, 0.3) is 0 Å². The van der Waals surface area contributed by atoms with E-state index < -0.39 is 0 Å². The minimum Gasteiger partial charge on any atom is -0.348 e. The first kappa shape index (κ1) is 18.2. The highest BCUT2D eigenvalue weighted by molar-refractivity contribution is 9.10. The smallest absolute Gasteiger partial charge is 0.251 e. The Bertz CT molecular complexity index is 742. The molecule has 2 aromatic rings. The molecule has 24 heavy (non-hydrogen) atoms. The molecule has 0 aromatic heterocycles. The van der Waals surface area contributed by atoms with Crippen molar-refractivity contribution >= 4 is 27.7 Å². The van der Waals surface area contributed by atoms with Crippen LogP contribution in [-0.2, 0) is 4.79 Å². The molecule has 0 bridgehead atoms. The van der Waals surface area contributed by atoms with Crippen LogP contribution in [0.2, 0.25) is 0 Å². The summed E-state index contributed by atoms with van der Waals surface area (Å²) in [6.45, 7) is 5.93. The molecule has 0 saturated heterocycles. The van der Waals surface area contributed by atoms with Gasteiger partial charge in [-0.25, -0.2) is 0 Å². The topological polar surface area (TPSA) is 58.2 Å². The molecule has 126 valence electrons. The third kappa shape index (κ3) is 4.93. The largest absolute Gasteiger partial charge is 0.348 e. The quantitative estimate of drug-likeness (QED) is 0.820. The van der Waals surface area contributed by atoms with Gasteiger partial charge in [-0.3, -0.25) is 9.59 Å². The fraction of sp³-hybridized carbons (Fsp3) is 0.263. The third-order valence-corrected chi connectivity index (χ3v) is 4.32. The van der Waals surface area contributed by atoms with Crippen LogP contribution in [0.5, 0.6) is 0 Å². The van der Waals surface area contributed by atoms with Crippen molar-refractivity contribution in [2.45, 2.75) is 26.8 Å². The van der Waals surface area contributed by atoms with E-state index in [0.29, 0.717) is 5.56 Å². The minimum atomic E-state index is -0.267. The molecular formula is C19H21BrN2O2. The maximum Gasteiger partial charge on any atom is 0.251 e. The van der Waals surface area contributed by atoms with Gasteiger partial charge >= 0.3 is 0 Å². The number of rotatable bonds is 5. The summed E-state index contributed by atoms with van der Waals surface area (Å²) in [6.07, 6.45) is 0. The van der Waals surface area contributed by atoms with Gasteiger partial charge in [0.1, 0.15) is 0 Å². The summed E-state index contributed by atoms with van der Waals surface area (Å²) < 4.78 is 0.902. The van der Waals surface area contributed by atoms with Crippen LogP contribution in [0.4, 0.5) is 0 Å². The van der Waals surface area contributed by atoms with Crippen molar-refractivity contribution in [1.82, 2.24) is 10.6 Å². The van der Waals surface area contributed by atoms with Gasteiger partial charge in [0.15, 0.2) is 0 Å². The van der Waals surface area contributed by atoms with E-state index in [2.05, 4.69) is 32.6 Å². The van der Waals surface area contributed by atoms with Crippen molar-refractivity contribution in [3.05, 3.63) is 69.2 Å². The number of hydrogen-bond donors (Lipinski definition) is 2. The molecule has 0 fully saturated rings. The summed E-state index contributed by atoms with van der Waals surface area (Å²) in [6, 6.07) is 13.0. The molecule has 2 rings (SSSR count). The first-order valence-electron chi connectivity index (χ1n) is 7.77. The zero-order valence-electron chi connectivity index (χ0n) is 14.0. The van der Waals surface area contributed by atoms with Crippen LogP contribution in [0.1, 0.15) is 40.0 Å². The van der Waals surface area contributed by atoms with Gasteiger partial charge in [0.25, 0.3) is 5.91 Å². The minimum absolute atomic E-state index is 0.0515. The number of halogens is 1. The number of nitrogens with one attached hydrogen (secondary N) is 2. The second-order valence-electron chi connectivity index (χ2n) is 5.84. The van der Waals surface area contributed by atoms with Gasteiger partial charge in [0.2, 0.25) is 5.91 Å². The van der Waals surface area contributed by atoms with E-state index in [1.807, 2.05) is 32.9 Å². The number of aryl methyl sites for hydroxylation is 2. The highest BCUT2D eigenvalue weighted by atomic mass is 79.9. The summed E-state index contributed by atoms with van der Waals surface area (Å²) in [5, 5.41) is 5.55. The Labute approximate surface area is 150 Å². The van der Waals surface area contributed by atoms with E-state index in [1.54, 1.807) is 24.3 Å². The molecule has 0 aliphatic rings. The molecule has 0 heterocycles. The average molecular weight is 389 g/mol. The van der Waals surface area contributed by atoms with Crippen LogP contribution in [0, 0.1) is 13.8 Å². The second kappa shape index (κ2) is 8.11. The van der Waals surface area contributed by atoms with Crippen molar-refractivity contribution in [3.63, 3.8) is 0 Å². The predicted molar refractivity (Wildman–Crippen MR) is 98.9 cm³/mol. The Morgan fingerprint density at radius 3 is 2.42 bits per heavy atom. The molecule has 2 N–H and O–H groups in total. The summed E-state index contributed by atoms with van der Waals surface area (Å²) in [5.74, 6) is -0.481. The molecule has 1 unspecified atom stereocenters. The summed E-state index contributed by atoms with van der Waals surface area (Å²) in [7, 11) is 0. The van der Waals surface area contributed by atoms with E-state index >= 15 is 0 Å². The van der Waals surface area contributed by atoms with E-state index in [9.17, 15) is 9.59 Å². The van der Waals surface area contributed by atoms with Gasteiger partial charge in [-0.1, -0.05) is 39.7 Å². The zero-order chi connectivity index (χ0) is 17.7. The van der Waals surface area contributed by atoms with Gasteiger partial charge in [0.05, 0.1) is 12.6 Å². The Morgan fingerprint density at radius 1 is 1.08 bits per heavy atom. The summed E-state index contributed by atoms with van der Waals surface area (Å²) in [5.41, 5.74) is 3.89. The van der Waals surface area contributed by atoms with Crippen LogP contribution in [0.3, 0.4) is 0 Å². The van der Waals surface area contributed by atoms with E-state index in [0.717, 1.165) is 21.2 Å². The maximum absolute atomic E-state index is 12.1. The lowest BCUT2D eigenvalue weighted by atomic mass is 10.00. The Balaban J connectivity index is 1.89. The molecule has 4 nitrogen and oxygen atoms in total. The lowest BCUT2D eigenvalue weighted by molar-refractivity contribution is -0.120. The Kier molecular flexibility index (Phi) is 6.15. The lowest BCUT2D eigenvalue weighted by Crippen LogP contribution is -2.38. The highest BCUT2D eigenvalue weighted by Gasteiger charge is 2.13. The number of hydrogen-bond acceptors (Lipinski definition) is 2. The van der Waals surface area contributed by atoms with Gasteiger partial charge in [0, 0.05) is 10.0 Å². The third-order valence-electron chi connectivity index (χ3n) is 3.79. The standard InChI is InChI=1S/C19H21BrN2O2/c1-12-4-5-13(2)17(10-12)14(3)22-18(23)11-21-19(24)15-6-8-16(20)9-7-15/h4-10,14H,11H2,1-3H3,(H,21,24)(H,22,23). The number of carbonyl (C=O) groups is 2. The van der Waals surface area contributed by atoms with Crippen molar-refractivity contribution < 1.29 is 9.59 Å². The van der Waals surface area contributed by atoms with Crippen LogP contribution in [0.15, 0.2) is 46.9 Å². The first-order chi connectivity index (χ1) is 11.4.